The van der Waals surface area contributed by atoms with Gasteiger partial charge in [0.25, 0.3) is 5.56 Å². The van der Waals surface area contributed by atoms with E-state index in [0.717, 1.165) is 29.7 Å². The highest BCUT2D eigenvalue weighted by molar-refractivity contribution is 7.99. The molecular weight excluding hydrogens is 462 g/mol. The molecule has 0 atom stereocenters. The second kappa shape index (κ2) is 9.75. The van der Waals surface area contributed by atoms with Crippen molar-refractivity contribution in [1.82, 2.24) is 28.9 Å². The molecule has 0 radical (unpaired) electrons. The molecule has 1 amide bonds. The molecule has 2 aromatic carbocycles. The maximum Gasteiger partial charge on any atom is 0.262 e. The van der Waals surface area contributed by atoms with Crippen molar-refractivity contribution >= 4 is 40.2 Å². The Morgan fingerprint density at radius 2 is 1.83 bits per heavy atom. The first kappa shape index (κ1) is 22.9. The van der Waals surface area contributed by atoms with Gasteiger partial charge in [0, 0.05) is 12.6 Å². The number of benzene rings is 2. The quantitative estimate of drug-likeness (QED) is 0.331. The second-order valence-electron chi connectivity index (χ2n) is 8.20. The third-order valence-corrected chi connectivity index (χ3v) is 6.57. The number of amides is 1. The summed E-state index contributed by atoms with van der Waals surface area (Å²) in [4.78, 5) is 26.0. The second-order valence-corrected chi connectivity index (χ2v) is 9.14. The van der Waals surface area contributed by atoms with Crippen molar-refractivity contribution in [1.29, 1.82) is 0 Å². The average molecular weight is 488 g/mol. The Morgan fingerprint density at radius 3 is 2.63 bits per heavy atom. The highest BCUT2D eigenvalue weighted by Crippen LogP contribution is 2.23. The zero-order chi connectivity index (χ0) is 24.4. The number of nitrogens with zero attached hydrogens (tertiary/aromatic N) is 6. The van der Waals surface area contributed by atoms with Gasteiger partial charge in [0.1, 0.15) is 5.82 Å². The molecule has 10 heteroatoms. The summed E-state index contributed by atoms with van der Waals surface area (Å²) in [6.45, 7) is 4.53. The van der Waals surface area contributed by atoms with Crippen molar-refractivity contribution in [2.24, 2.45) is 0 Å². The van der Waals surface area contributed by atoms with E-state index in [-0.39, 0.29) is 17.2 Å². The van der Waals surface area contributed by atoms with Crippen LogP contribution in [0.5, 0.6) is 0 Å². The number of anilines is 1. The maximum absolute atomic E-state index is 13.1. The fourth-order valence-corrected chi connectivity index (χ4v) is 4.75. The van der Waals surface area contributed by atoms with E-state index in [9.17, 15) is 9.59 Å². The normalized spacial score (nSPS) is 11.4. The monoisotopic (exact) mass is 487 g/mol. The van der Waals surface area contributed by atoms with Gasteiger partial charge >= 0.3 is 0 Å². The van der Waals surface area contributed by atoms with Crippen LogP contribution in [0, 0.1) is 6.92 Å². The van der Waals surface area contributed by atoms with Crippen LogP contribution in [-0.4, -0.2) is 40.6 Å². The molecule has 0 unspecified atom stereocenters. The summed E-state index contributed by atoms with van der Waals surface area (Å²) >= 11 is 1.28. The Kier molecular flexibility index (Phi) is 6.37. The minimum absolute atomic E-state index is 0.0761. The molecule has 0 saturated heterocycles. The third kappa shape index (κ3) is 4.44. The van der Waals surface area contributed by atoms with Crippen LogP contribution < -0.4 is 10.9 Å². The molecule has 0 fully saturated rings. The van der Waals surface area contributed by atoms with Gasteiger partial charge in [-0.3, -0.25) is 18.6 Å². The highest BCUT2D eigenvalue weighted by Gasteiger charge is 2.18. The van der Waals surface area contributed by atoms with Crippen LogP contribution in [0.15, 0.2) is 70.6 Å². The third-order valence-electron chi connectivity index (χ3n) is 5.65. The fraction of sp³-hybridized carbons (Fsp3) is 0.240. The van der Waals surface area contributed by atoms with Gasteiger partial charge in [-0.25, -0.2) is 4.68 Å². The van der Waals surface area contributed by atoms with Gasteiger partial charge in [0.2, 0.25) is 11.7 Å². The van der Waals surface area contributed by atoms with E-state index >= 15 is 0 Å². The number of rotatable bonds is 8. The number of carbonyl (C=O) groups excluding carboxylic acids is 1. The maximum atomic E-state index is 13.1. The Balaban J connectivity index is 1.42. The Hall–Kier alpha value is -3.92. The molecule has 0 saturated carbocycles. The number of para-hydroxylation sites is 2. The van der Waals surface area contributed by atoms with Crippen molar-refractivity contribution in [3.8, 4) is 5.69 Å². The van der Waals surface area contributed by atoms with Crippen LogP contribution in [0.4, 0.5) is 5.82 Å². The summed E-state index contributed by atoms with van der Waals surface area (Å²) in [6.07, 6.45) is 1.82. The standard InChI is InChI=1S/C25H25N7O2S/c1-3-4-14-30-23(34)19-12-8-9-13-20(19)31-24(30)27-28-25(31)35-16-22(33)26-21-15-17(2)29-32(21)18-10-6-5-7-11-18/h5-13,15H,3-4,14,16H2,1-2H3,(H,26,33). The molecule has 0 aliphatic heterocycles. The van der Waals surface area contributed by atoms with E-state index in [1.807, 2.05) is 72.0 Å². The Labute approximate surface area is 205 Å². The van der Waals surface area contributed by atoms with E-state index in [1.54, 1.807) is 9.25 Å². The average Bonchev–Trinajstić information content (AvgIpc) is 3.46. The van der Waals surface area contributed by atoms with E-state index in [2.05, 4.69) is 27.5 Å². The van der Waals surface area contributed by atoms with Gasteiger partial charge in [-0.1, -0.05) is 55.4 Å². The van der Waals surface area contributed by atoms with Gasteiger partial charge in [-0.15, -0.1) is 10.2 Å². The van der Waals surface area contributed by atoms with Gasteiger partial charge in [-0.05, 0) is 37.6 Å². The Morgan fingerprint density at radius 1 is 1.06 bits per heavy atom. The van der Waals surface area contributed by atoms with Crippen molar-refractivity contribution in [2.75, 3.05) is 11.1 Å². The Bertz CT molecular complexity index is 1570. The van der Waals surface area contributed by atoms with Crippen molar-refractivity contribution in [3.05, 3.63) is 76.7 Å². The summed E-state index contributed by atoms with van der Waals surface area (Å²) < 4.78 is 5.25. The van der Waals surface area contributed by atoms with E-state index in [4.69, 9.17) is 0 Å². The number of aromatic nitrogens is 6. The number of unbranched alkanes of at least 4 members (excludes halogenated alkanes) is 1. The first-order valence-electron chi connectivity index (χ1n) is 11.5. The van der Waals surface area contributed by atoms with Gasteiger partial charge in [-0.2, -0.15) is 5.10 Å². The molecule has 35 heavy (non-hydrogen) atoms. The topological polar surface area (TPSA) is 99.1 Å². The van der Waals surface area contributed by atoms with Crippen LogP contribution in [0.25, 0.3) is 22.4 Å². The zero-order valence-corrected chi connectivity index (χ0v) is 20.3. The van der Waals surface area contributed by atoms with Crippen LogP contribution in [0.2, 0.25) is 0 Å². The summed E-state index contributed by atoms with van der Waals surface area (Å²) in [7, 11) is 0. The summed E-state index contributed by atoms with van der Waals surface area (Å²) in [5.41, 5.74) is 2.32. The van der Waals surface area contributed by atoms with Gasteiger partial charge < -0.3 is 5.32 Å². The SMILES string of the molecule is CCCCn1c(=O)c2ccccc2n2c(SCC(=O)Nc3cc(C)nn3-c3ccccc3)nnc12. The summed E-state index contributed by atoms with van der Waals surface area (Å²) in [5, 5.41) is 17.2. The first-order chi connectivity index (χ1) is 17.1. The van der Waals surface area contributed by atoms with Crippen molar-refractivity contribution < 1.29 is 4.79 Å². The smallest absolute Gasteiger partial charge is 0.262 e. The molecule has 178 valence electrons. The molecular formula is C25H25N7O2S. The molecule has 5 aromatic rings. The molecule has 5 rings (SSSR count). The van der Waals surface area contributed by atoms with Crippen LogP contribution in [-0.2, 0) is 11.3 Å². The van der Waals surface area contributed by atoms with Crippen molar-refractivity contribution in [3.63, 3.8) is 0 Å². The predicted octanol–water partition coefficient (Wildman–Crippen LogP) is 4.07. The molecule has 0 aliphatic carbocycles. The van der Waals surface area contributed by atoms with Crippen molar-refractivity contribution in [2.45, 2.75) is 38.4 Å². The molecule has 0 aliphatic rings. The van der Waals surface area contributed by atoms with Gasteiger partial charge in [0.15, 0.2) is 5.16 Å². The lowest BCUT2D eigenvalue weighted by Gasteiger charge is -2.11. The number of hydrogen-bond acceptors (Lipinski definition) is 6. The van der Waals surface area contributed by atoms with E-state index < -0.39 is 0 Å². The van der Waals surface area contributed by atoms with Gasteiger partial charge in [0.05, 0.1) is 28.0 Å². The highest BCUT2D eigenvalue weighted by atomic mass is 32.2. The fourth-order valence-electron chi connectivity index (χ4n) is 4.01. The minimum Gasteiger partial charge on any atom is -0.310 e. The lowest BCUT2D eigenvalue weighted by molar-refractivity contribution is -0.113. The number of nitrogens with one attached hydrogen (secondary N) is 1. The van der Waals surface area contributed by atoms with Crippen LogP contribution in [0.3, 0.4) is 0 Å². The number of hydrogen-bond donors (Lipinski definition) is 1. The lowest BCUT2D eigenvalue weighted by Crippen LogP contribution is -2.23. The number of carbonyl (C=O) groups is 1. The van der Waals surface area contributed by atoms with E-state index in [1.165, 1.54) is 11.8 Å². The molecule has 1 N–H and O–H groups in total. The van der Waals surface area contributed by atoms with E-state index in [0.29, 0.717) is 28.7 Å². The molecule has 0 bridgehead atoms. The number of thioether (sulfide) groups is 1. The predicted molar refractivity (Wildman–Crippen MR) is 137 cm³/mol. The van der Waals surface area contributed by atoms with Crippen LogP contribution >= 0.6 is 11.8 Å². The summed E-state index contributed by atoms with van der Waals surface area (Å²) in [6, 6.07) is 18.9. The first-order valence-corrected chi connectivity index (χ1v) is 12.5. The number of aryl methyl sites for hydroxylation is 2. The molecule has 9 nitrogen and oxygen atoms in total. The summed E-state index contributed by atoms with van der Waals surface area (Å²) in [5.74, 6) is 1.03. The molecule has 0 spiro atoms. The number of fused-ring (bicyclic) bond motifs is 3. The lowest BCUT2D eigenvalue weighted by atomic mass is 10.2. The zero-order valence-electron chi connectivity index (χ0n) is 19.5. The molecule has 3 aromatic heterocycles. The minimum atomic E-state index is -0.188. The largest absolute Gasteiger partial charge is 0.310 e. The molecule has 3 heterocycles. The van der Waals surface area contributed by atoms with Crippen LogP contribution in [0.1, 0.15) is 25.5 Å².